The number of hydrogen-bond donors (Lipinski definition) is 2. The Morgan fingerprint density at radius 3 is 2.73 bits per heavy atom. The number of nitrogens with zero attached hydrogens (tertiary/aromatic N) is 3. The molecule has 7 heteroatoms. The Labute approximate surface area is 127 Å². The van der Waals surface area contributed by atoms with Gasteiger partial charge in [-0.15, -0.1) is 0 Å². The minimum atomic E-state index is -0.142. The Bertz CT molecular complexity index is 790. The maximum Gasteiger partial charge on any atom is 0.256 e. The molecule has 3 heterocycles. The van der Waals surface area contributed by atoms with Crippen LogP contribution in [0.4, 0.5) is 0 Å². The molecule has 1 aliphatic heterocycles. The van der Waals surface area contributed by atoms with E-state index >= 15 is 0 Å². The fourth-order valence-corrected chi connectivity index (χ4v) is 2.73. The first-order valence-electron chi connectivity index (χ1n) is 7.32. The van der Waals surface area contributed by atoms with E-state index in [9.17, 15) is 9.59 Å². The van der Waals surface area contributed by atoms with Gasteiger partial charge in [0.1, 0.15) is 5.82 Å². The van der Waals surface area contributed by atoms with E-state index in [0.29, 0.717) is 43.0 Å². The minimum Gasteiger partial charge on any atom is -0.332 e. The summed E-state index contributed by atoms with van der Waals surface area (Å²) in [7, 11) is 0. The lowest BCUT2D eigenvalue weighted by molar-refractivity contribution is -0.131. The number of hydrogen-bond acceptors (Lipinski definition) is 4. The molecule has 0 unspecified atom stereocenters. The number of aryl methyl sites for hydroxylation is 3. The molecule has 1 aliphatic rings. The lowest BCUT2D eigenvalue weighted by atomic mass is 10.1. The van der Waals surface area contributed by atoms with Gasteiger partial charge in [-0.2, -0.15) is 5.10 Å². The van der Waals surface area contributed by atoms with Crippen molar-refractivity contribution < 1.29 is 4.79 Å². The van der Waals surface area contributed by atoms with Gasteiger partial charge in [0, 0.05) is 18.5 Å². The fraction of sp³-hybridized carbons (Fsp3) is 0.467. The monoisotopic (exact) mass is 301 g/mol. The molecule has 2 aromatic rings. The third-order valence-corrected chi connectivity index (χ3v) is 4.19. The van der Waals surface area contributed by atoms with Crippen LogP contribution in [-0.4, -0.2) is 31.0 Å². The Morgan fingerprint density at radius 2 is 2.05 bits per heavy atom. The van der Waals surface area contributed by atoms with E-state index in [2.05, 4.69) is 20.2 Å². The summed E-state index contributed by atoms with van der Waals surface area (Å²) >= 11 is 0. The first-order chi connectivity index (χ1) is 10.5. The molecule has 0 bridgehead atoms. The highest BCUT2D eigenvalue weighted by Crippen LogP contribution is 2.19. The molecule has 0 radical (unpaired) electrons. The molecule has 2 N–H and O–H groups in total. The number of H-pyrrole nitrogens is 2. The standard InChI is InChI=1S/C15H19N5O2/c1-8-9(2)18-19-12(8)4-5-14(21)20-6-11-13(7-20)16-10(3)17-15(11)22/h4-7H2,1-3H3,(H,18,19)(H,16,17,22). The molecule has 3 rings (SSSR count). The van der Waals surface area contributed by atoms with Gasteiger partial charge in [0.2, 0.25) is 5.91 Å². The highest BCUT2D eigenvalue weighted by Gasteiger charge is 2.27. The van der Waals surface area contributed by atoms with Crippen LogP contribution in [0.1, 0.15) is 40.5 Å². The molecule has 0 saturated carbocycles. The molecule has 22 heavy (non-hydrogen) atoms. The molecule has 7 nitrogen and oxygen atoms in total. The first-order valence-corrected chi connectivity index (χ1v) is 7.32. The van der Waals surface area contributed by atoms with E-state index < -0.39 is 0 Å². The van der Waals surface area contributed by atoms with E-state index in [1.807, 2.05) is 13.8 Å². The highest BCUT2D eigenvalue weighted by atomic mass is 16.2. The van der Waals surface area contributed by atoms with Crippen LogP contribution in [0.5, 0.6) is 0 Å². The summed E-state index contributed by atoms with van der Waals surface area (Å²) in [6.45, 7) is 6.46. The number of nitrogens with one attached hydrogen (secondary N) is 2. The second-order valence-corrected chi connectivity index (χ2v) is 5.75. The van der Waals surface area contributed by atoms with Crippen LogP contribution < -0.4 is 5.56 Å². The van der Waals surface area contributed by atoms with Crippen LogP contribution in [0, 0.1) is 20.8 Å². The predicted molar refractivity (Wildman–Crippen MR) is 80.2 cm³/mol. The van der Waals surface area contributed by atoms with Crippen molar-refractivity contribution in [1.29, 1.82) is 0 Å². The Balaban J connectivity index is 1.67. The summed E-state index contributed by atoms with van der Waals surface area (Å²) in [5.41, 5.74) is 4.23. The number of amides is 1. The SMILES string of the molecule is Cc1nc2c(c(=O)[nH]1)CN(C(=O)CCc1n[nH]c(C)c1C)C2. The molecule has 0 aliphatic carbocycles. The predicted octanol–water partition coefficient (Wildman–Crippen LogP) is 0.893. The van der Waals surface area contributed by atoms with Crippen LogP contribution >= 0.6 is 0 Å². The molecule has 0 fully saturated rings. The van der Waals surface area contributed by atoms with Crippen LogP contribution in [0.2, 0.25) is 0 Å². The largest absolute Gasteiger partial charge is 0.332 e. The molecule has 0 atom stereocenters. The van der Waals surface area contributed by atoms with E-state index in [0.717, 1.165) is 17.0 Å². The Kier molecular flexibility index (Phi) is 3.56. The summed E-state index contributed by atoms with van der Waals surface area (Å²) < 4.78 is 0. The third-order valence-electron chi connectivity index (χ3n) is 4.19. The summed E-state index contributed by atoms with van der Waals surface area (Å²) in [4.78, 5) is 32.9. The molecule has 0 aromatic carbocycles. The molecule has 0 spiro atoms. The van der Waals surface area contributed by atoms with Gasteiger partial charge in [0.15, 0.2) is 0 Å². The number of aromatic amines is 2. The van der Waals surface area contributed by atoms with Crippen molar-refractivity contribution in [2.45, 2.75) is 46.7 Å². The average Bonchev–Trinajstić information content (AvgIpc) is 3.02. The van der Waals surface area contributed by atoms with Crippen molar-refractivity contribution in [2.24, 2.45) is 0 Å². The zero-order chi connectivity index (χ0) is 15.9. The van der Waals surface area contributed by atoms with Crippen molar-refractivity contribution in [3.63, 3.8) is 0 Å². The lowest BCUT2D eigenvalue weighted by Gasteiger charge is -2.14. The first kappa shape index (κ1) is 14.5. The van der Waals surface area contributed by atoms with Gasteiger partial charge < -0.3 is 9.88 Å². The summed E-state index contributed by atoms with van der Waals surface area (Å²) in [6.07, 6.45) is 0.987. The number of rotatable bonds is 3. The van der Waals surface area contributed by atoms with E-state index in [1.54, 1.807) is 11.8 Å². The second-order valence-electron chi connectivity index (χ2n) is 5.75. The smallest absolute Gasteiger partial charge is 0.256 e. The molecular weight excluding hydrogens is 282 g/mol. The van der Waals surface area contributed by atoms with Crippen molar-refractivity contribution in [3.8, 4) is 0 Å². The van der Waals surface area contributed by atoms with Gasteiger partial charge in [-0.3, -0.25) is 14.7 Å². The van der Waals surface area contributed by atoms with Crippen molar-refractivity contribution >= 4 is 5.91 Å². The van der Waals surface area contributed by atoms with Crippen molar-refractivity contribution in [3.05, 3.63) is 44.4 Å². The number of aromatic nitrogens is 4. The zero-order valence-electron chi connectivity index (χ0n) is 13.0. The minimum absolute atomic E-state index is 0.0232. The number of carbonyl (C=O) groups excluding carboxylic acids is 1. The normalized spacial score (nSPS) is 13.5. The molecule has 116 valence electrons. The fourth-order valence-electron chi connectivity index (χ4n) is 2.73. The number of carbonyl (C=O) groups is 1. The average molecular weight is 301 g/mol. The van der Waals surface area contributed by atoms with Gasteiger partial charge in [0.05, 0.1) is 30.0 Å². The van der Waals surface area contributed by atoms with Crippen LogP contribution in [0.25, 0.3) is 0 Å². The van der Waals surface area contributed by atoms with Gasteiger partial charge in [-0.05, 0) is 26.3 Å². The van der Waals surface area contributed by atoms with Gasteiger partial charge in [0.25, 0.3) is 5.56 Å². The van der Waals surface area contributed by atoms with Crippen molar-refractivity contribution in [2.75, 3.05) is 0 Å². The number of fused-ring (bicyclic) bond motifs is 1. The van der Waals surface area contributed by atoms with Gasteiger partial charge >= 0.3 is 0 Å². The zero-order valence-corrected chi connectivity index (χ0v) is 13.0. The second kappa shape index (κ2) is 5.40. The third kappa shape index (κ3) is 2.54. The van der Waals surface area contributed by atoms with Gasteiger partial charge in [-0.25, -0.2) is 4.98 Å². The van der Waals surface area contributed by atoms with Crippen LogP contribution in [0.15, 0.2) is 4.79 Å². The molecule has 2 aromatic heterocycles. The van der Waals surface area contributed by atoms with Gasteiger partial charge in [-0.1, -0.05) is 0 Å². The maximum atomic E-state index is 12.3. The maximum absolute atomic E-state index is 12.3. The highest BCUT2D eigenvalue weighted by molar-refractivity contribution is 5.77. The molecule has 1 amide bonds. The van der Waals surface area contributed by atoms with Crippen molar-refractivity contribution in [1.82, 2.24) is 25.1 Å². The summed E-state index contributed by atoms with van der Waals surface area (Å²) in [5, 5.41) is 7.14. The van der Waals surface area contributed by atoms with E-state index in [4.69, 9.17) is 0 Å². The van der Waals surface area contributed by atoms with E-state index in [-0.39, 0.29) is 11.5 Å². The van der Waals surface area contributed by atoms with Crippen LogP contribution in [-0.2, 0) is 24.3 Å². The summed E-state index contributed by atoms with van der Waals surface area (Å²) in [6, 6.07) is 0. The lowest BCUT2D eigenvalue weighted by Crippen LogP contribution is -2.26. The Morgan fingerprint density at radius 1 is 1.27 bits per heavy atom. The topological polar surface area (TPSA) is 94.7 Å². The van der Waals surface area contributed by atoms with E-state index in [1.165, 1.54) is 0 Å². The molecular formula is C15H19N5O2. The quantitative estimate of drug-likeness (QED) is 0.880. The molecule has 0 saturated heterocycles. The summed E-state index contributed by atoms with van der Waals surface area (Å²) in [5.74, 6) is 0.607. The van der Waals surface area contributed by atoms with Crippen LogP contribution in [0.3, 0.4) is 0 Å². The Hall–Kier alpha value is -2.44.